The van der Waals surface area contributed by atoms with Gasteiger partial charge in [-0.2, -0.15) is 5.10 Å². The molecule has 2 aliphatic rings. The highest BCUT2D eigenvalue weighted by Crippen LogP contribution is 2.28. The van der Waals surface area contributed by atoms with Crippen LogP contribution in [0.3, 0.4) is 0 Å². The normalized spacial score (nSPS) is 25.0. The molecule has 0 aliphatic carbocycles. The molecule has 4 rings (SSSR count). The van der Waals surface area contributed by atoms with Crippen molar-refractivity contribution >= 4 is 11.6 Å². The third-order valence-corrected chi connectivity index (χ3v) is 5.52. The monoisotopic (exact) mass is 343 g/mol. The zero-order valence-corrected chi connectivity index (χ0v) is 14.9. The molecule has 1 amide bonds. The predicted octanol–water partition coefficient (Wildman–Crippen LogP) is 1.22. The van der Waals surface area contributed by atoms with E-state index in [1.807, 2.05) is 24.1 Å². The Kier molecular flexibility index (Phi) is 4.43. The van der Waals surface area contributed by atoms with E-state index in [0.29, 0.717) is 23.2 Å². The molecule has 0 N–H and O–H groups in total. The van der Waals surface area contributed by atoms with Gasteiger partial charge in [-0.3, -0.25) is 9.69 Å². The Morgan fingerprint density at radius 3 is 2.88 bits per heavy atom. The number of hydrogen-bond donors (Lipinski definition) is 0. The number of fused-ring (bicyclic) bond motifs is 1. The highest BCUT2D eigenvalue weighted by Gasteiger charge is 2.39. The fraction of sp³-hybridized carbons (Fsp3) is 0.611. The molecule has 0 radical (unpaired) electrons. The lowest BCUT2D eigenvalue weighted by Crippen LogP contribution is -2.47. The van der Waals surface area contributed by atoms with Crippen LogP contribution in [0.1, 0.15) is 29.4 Å². The second-order valence-electron chi connectivity index (χ2n) is 6.94. The number of rotatable bonds is 3. The first kappa shape index (κ1) is 16.5. The second kappa shape index (κ2) is 6.72. The smallest absolute Gasteiger partial charge is 0.259 e. The fourth-order valence-electron chi connectivity index (χ4n) is 4.15. The van der Waals surface area contributed by atoms with Crippen LogP contribution < -0.4 is 0 Å². The number of aromatic nitrogens is 3. The molecule has 0 saturated carbocycles. The van der Waals surface area contributed by atoms with Gasteiger partial charge in [0.2, 0.25) is 0 Å². The van der Waals surface area contributed by atoms with E-state index in [1.165, 1.54) is 0 Å². The average Bonchev–Trinajstić information content (AvgIpc) is 3.22. The maximum atomic E-state index is 13.2. The molecule has 134 valence electrons. The van der Waals surface area contributed by atoms with Crippen LogP contribution in [0.2, 0.25) is 0 Å². The average molecular weight is 343 g/mol. The lowest BCUT2D eigenvalue weighted by molar-refractivity contribution is 0.0103. The minimum atomic E-state index is 0.0559. The first-order valence-electron chi connectivity index (χ1n) is 9.10. The number of nitrogens with zero attached hydrogens (tertiary/aromatic N) is 5. The summed E-state index contributed by atoms with van der Waals surface area (Å²) in [6, 6.07) is 2.25. The minimum Gasteiger partial charge on any atom is -0.379 e. The summed E-state index contributed by atoms with van der Waals surface area (Å²) in [5.41, 5.74) is 2.03. The number of morpholine rings is 1. The van der Waals surface area contributed by atoms with E-state index in [-0.39, 0.29) is 5.91 Å². The molecule has 2 saturated heterocycles. The van der Waals surface area contributed by atoms with Gasteiger partial charge in [-0.1, -0.05) is 13.3 Å². The number of hydrogen-bond acceptors (Lipinski definition) is 5. The van der Waals surface area contributed by atoms with Crippen molar-refractivity contribution < 1.29 is 9.53 Å². The van der Waals surface area contributed by atoms with Gasteiger partial charge in [-0.05, 0) is 18.9 Å². The molecule has 0 aromatic carbocycles. The van der Waals surface area contributed by atoms with E-state index in [2.05, 4.69) is 21.9 Å². The van der Waals surface area contributed by atoms with Gasteiger partial charge >= 0.3 is 0 Å². The highest BCUT2D eigenvalue weighted by molar-refractivity contribution is 6.01. The van der Waals surface area contributed by atoms with Crippen LogP contribution in [0.15, 0.2) is 18.5 Å². The van der Waals surface area contributed by atoms with Crippen LogP contribution >= 0.6 is 0 Å². The van der Waals surface area contributed by atoms with E-state index >= 15 is 0 Å². The van der Waals surface area contributed by atoms with Crippen molar-refractivity contribution in [3.8, 4) is 0 Å². The van der Waals surface area contributed by atoms with Gasteiger partial charge in [-0.15, -0.1) is 0 Å². The van der Waals surface area contributed by atoms with Crippen LogP contribution in [0, 0.1) is 12.8 Å². The SMILES string of the molecule is CC[C@H]1CN(C(=O)c2c(C)nn3cccnc23)C[C@H]1N1CCOCC1. The Balaban J connectivity index is 1.59. The molecule has 4 heterocycles. The summed E-state index contributed by atoms with van der Waals surface area (Å²) in [5.74, 6) is 0.567. The molecule has 2 aromatic heterocycles. The van der Waals surface area contributed by atoms with Crippen molar-refractivity contribution in [3.63, 3.8) is 0 Å². The number of amides is 1. The summed E-state index contributed by atoms with van der Waals surface area (Å²) in [7, 11) is 0. The van der Waals surface area contributed by atoms with Crippen LogP contribution in [0.25, 0.3) is 5.65 Å². The molecule has 2 aliphatic heterocycles. The molecule has 2 atom stereocenters. The molecule has 7 heteroatoms. The van der Waals surface area contributed by atoms with Gasteiger partial charge in [0.15, 0.2) is 5.65 Å². The second-order valence-corrected chi connectivity index (χ2v) is 6.94. The maximum absolute atomic E-state index is 13.2. The van der Waals surface area contributed by atoms with Crippen molar-refractivity contribution in [3.05, 3.63) is 29.7 Å². The van der Waals surface area contributed by atoms with Crippen molar-refractivity contribution in [2.24, 2.45) is 5.92 Å². The van der Waals surface area contributed by atoms with Gasteiger partial charge in [0.25, 0.3) is 5.91 Å². The van der Waals surface area contributed by atoms with Crippen LogP contribution in [-0.4, -0.2) is 75.7 Å². The predicted molar refractivity (Wildman–Crippen MR) is 93.6 cm³/mol. The summed E-state index contributed by atoms with van der Waals surface area (Å²) in [6.45, 7) is 9.18. The van der Waals surface area contributed by atoms with Crippen LogP contribution in [0.5, 0.6) is 0 Å². The lowest BCUT2D eigenvalue weighted by Gasteiger charge is -2.34. The van der Waals surface area contributed by atoms with E-state index in [9.17, 15) is 4.79 Å². The van der Waals surface area contributed by atoms with Gasteiger partial charge in [0, 0.05) is 44.6 Å². The van der Waals surface area contributed by atoms with Crippen LogP contribution in [0.4, 0.5) is 0 Å². The Morgan fingerprint density at radius 1 is 1.32 bits per heavy atom. The van der Waals surface area contributed by atoms with Gasteiger partial charge in [-0.25, -0.2) is 9.50 Å². The van der Waals surface area contributed by atoms with E-state index < -0.39 is 0 Å². The van der Waals surface area contributed by atoms with Crippen molar-refractivity contribution in [1.29, 1.82) is 0 Å². The van der Waals surface area contributed by atoms with Crippen molar-refractivity contribution in [2.45, 2.75) is 26.3 Å². The third-order valence-electron chi connectivity index (χ3n) is 5.52. The summed E-state index contributed by atoms with van der Waals surface area (Å²) in [4.78, 5) is 22.1. The van der Waals surface area contributed by atoms with Gasteiger partial charge in [0.05, 0.1) is 18.9 Å². The van der Waals surface area contributed by atoms with Crippen LogP contribution in [-0.2, 0) is 4.74 Å². The van der Waals surface area contributed by atoms with E-state index in [1.54, 1.807) is 10.7 Å². The summed E-state index contributed by atoms with van der Waals surface area (Å²) in [6.07, 6.45) is 4.63. The first-order chi connectivity index (χ1) is 12.2. The standard InChI is InChI=1S/C18H25N5O2/c1-3-14-11-22(12-15(14)21-7-9-25-10-8-21)18(24)16-13(2)20-23-6-4-5-19-17(16)23/h4-6,14-15H,3,7-12H2,1-2H3/t14-,15+/m0/s1. The minimum absolute atomic E-state index is 0.0559. The maximum Gasteiger partial charge on any atom is 0.259 e. The number of likely N-dealkylation sites (tertiary alicyclic amines) is 1. The van der Waals surface area contributed by atoms with E-state index in [4.69, 9.17) is 4.74 Å². The fourth-order valence-corrected chi connectivity index (χ4v) is 4.15. The number of carbonyl (C=O) groups is 1. The molecule has 0 bridgehead atoms. The summed E-state index contributed by atoms with van der Waals surface area (Å²) >= 11 is 0. The molecule has 2 fully saturated rings. The Labute approximate surface area is 147 Å². The number of carbonyl (C=O) groups excluding carboxylic acids is 1. The van der Waals surface area contributed by atoms with Gasteiger partial charge < -0.3 is 9.64 Å². The molecule has 7 nitrogen and oxygen atoms in total. The van der Waals surface area contributed by atoms with Crippen molar-refractivity contribution in [2.75, 3.05) is 39.4 Å². The number of ether oxygens (including phenoxy) is 1. The summed E-state index contributed by atoms with van der Waals surface area (Å²) < 4.78 is 7.17. The quantitative estimate of drug-likeness (QED) is 0.839. The molecule has 0 unspecified atom stereocenters. The first-order valence-corrected chi connectivity index (χ1v) is 9.10. The summed E-state index contributed by atoms with van der Waals surface area (Å²) in [5, 5.41) is 4.43. The third kappa shape index (κ3) is 2.91. The molecule has 25 heavy (non-hydrogen) atoms. The zero-order chi connectivity index (χ0) is 17.4. The zero-order valence-electron chi connectivity index (χ0n) is 14.9. The molecular formula is C18H25N5O2. The Bertz CT molecular complexity index is 768. The highest BCUT2D eigenvalue weighted by atomic mass is 16.5. The lowest BCUT2D eigenvalue weighted by atomic mass is 9.99. The Hall–Kier alpha value is -1.99. The van der Waals surface area contributed by atoms with Gasteiger partial charge in [0.1, 0.15) is 5.56 Å². The Morgan fingerprint density at radius 2 is 2.12 bits per heavy atom. The van der Waals surface area contributed by atoms with Crippen molar-refractivity contribution in [1.82, 2.24) is 24.4 Å². The molecule has 0 spiro atoms. The largest absolute Gasteiger partial charge is 0.379 e. The molecular weight excluding hydrogens is 318 g/mol. The number of aryl methyl sites for hydroxylation is 1. The van der Waals surface area contributed by atoms with E-state index in [0.717, 1.165) is 51.5 Å². The molecule has 2 aromatic rings. The topological polar surface area (TPSA) is 63.0 Å².